The molecule has 3 unspecified atom stereocenters. The second-order valence-electron chi connectivity index (χ2n) is 18.7. The van der Waals surface area contributed by atoms with E-state index in [1.54, 1.807) is 0 Å². The van der Waals surface area contributed by atoms with E-state index < -0.39 is 53.2 Å². The minimum absolute atomic E-state index is 0.0987. The van der Waals surface area contributed by atoms with Crippen molar-refractivity contribution in [3.8, 4) is 0 Å². The average molecular weight is 687 g/mol. The van der Waals surface area contributed by atoms with Gasteiger partial charge in [-0.15, -0.1) is 6.58 Å². The minimum Gasteiger partial charge on any atom is -0.462 e. The van der Waals surface area contributed by atoms with Gasteiger partial charge in [-0.2, -0.15) is 0 Å². The highest BCUT2D eigenvalue weighted by Crippen LogP contribution is 2.73. The van der Waals surface area contributed by atoms with Gasteiger partial charge in [0.2, 0.25) is 0 Å². The number of carbonyl (C=O) groups excluding carboxylic acids is 2. The van der Waals surface area contributed by atoms with Crippen LogP contribution in [0.2, 0.25) is 0 Å². The van der Waals surface area contributed by atoms with E-state index in [0.29, 0.717) is 25.7 Å². The van der Waals surface area contributed by atoms with Crippen molar-refractivity contribution in [2.75, 3.05) is 13.2 Å². The summed E-state index contributed by atoms with van der Waals surface area (Å²) in [5, 5.41) is 46.7. The molecule has 4 aliphatic carbocycles. The Labute approximate surface area is 295 Å². The maximum absolute atomic E-state index is 12.8. The van der Waals surface area contributed by atoms with Crippen LogP contribution in [0.15, 0.2) is 36.0 Å². The molecule has 278 valence electrons. The van der Waals surface area contributed by atoms with Crippen molar-refractivity contribution in [3.63, 3.8) is 0 Å². The third-order valence-corrected chi connectivity index (χ3v) is 14.6. The molecule has 0 aromatic heterocycles. The highest BCUT2D eigenvalue weighted by atomic mass is 16.6. The molecule has 4 N–H and O–H groups in total. The summed E-state index contributed by atoms with van der Waals surface area (Å²) in [6.45, 7) is 24.4. The van der Waals surface area contributed by atoms with E-state index >= 15 is 0 Å². The Morgan fingerprint density at radius 2 is 1.45 bits per heavy atom. The van der Waals surface area contributed by atoms with Crippen molar-refractivity contribution in [1.82, 2.24) is 0 Å². The maximum Gasteiger partial charge on any atom is 0.331 e. The second kappa shape index (κ2) is 13.9. The summed E-state index contributed by atoms with van der Waals surface area (Å²) in [4.78, 5) is 25.4. The molecule has 4 rings (SSSR count). The molecule has 49 heavy (non-hydrogen) atoms. The molecule has 0 spiro atoms. The van der Waals surface area contributed by atoms with Gasteiger partial charge in [-0.05, 0) is 113 Å². The smallest absolute Gasteiger partial charge is 0.331 e. The first-order chi connectivity index (χ1) is 22.6. The van der Waals surface area contributed by atoms with Crippen LogP contribution in [0, 0.1) is 50.2 Å². The first-order valence-corrected chi connectivity index (χ1v) is 18.5. The van der Waals surface area contributed by atoms with E-state index in [1.807, 2.05) is 47.6 Å². The number of aliphatic hydroxyl groups is 4. The Hall–Kier alpha value is -2.00. The highest BCUT2D eigenvalue weighted by molar-refractivity contribution is 5.83. The van der Waals surface area contributed by atoms with Crippen LogP contribution in [-0.4, -0.2) is 70.0 Å². The fourth-order valence-corrected chi connectivity index (χ4v) is 11.8. The lowest BCUT2D eigenvalue weighted by Gasteiger charge is -2.70. The van der Waals surface area contributed by atoms with Gasteiger partial charge in [-0.25, -0.2) is 9.59 Å². The maximum atomic E-state index is 12.8. The quantitative estimate of drug-likeness (QED) is 0.120. The fourth-order valence-electron chi connectivity index (χ4n) is 11.8. The second-order valence-corrected chi connectivity index (χ2v) is 18.7. The predicted octanol–water partition coefficient (Wildman–Crippen LogP) is 6.70. The van der Waals surface area contributed by atoms with Gasteiger partial charge in [0, 0.05) is 23.0 Å². The normalized spacial score (nSPS) is 44.4. The van der Waals surface area contributed by atoms with Crippen molar-refractivity contribution in [2.45, 2.75) is 145 Å². The summed E-state index contributed by atoms with van der Waals surface area (Å²) in [7, 11) is 0. The van der Waals surface area contributed by atoms with Crippen molar-refractivity contribution in [3.05, 3.63) is 36.0 Å². The summed E-state index contributed by atoms with van der Waals surface area (Å²) in [6.07, 6.45) is 6.75. The van der Waals surface area contributed by atoms with Gasteiger partial charge >= 0.3 is 11.9 Å². The molecule has 12 atom stereocenters. The largest absolute Gasteiger partial charge is 0.462 e. The molecule has 0 heterocycles. The monoisotopic (exact) mass is 686 g/mol. The Morgan fingerprint density at radius 3 is 2.02 bits per heavy atom. The van der Waals surface area contributed by atoms with Crippen LogP contribution < -0.4 is 0 Å². The topological polar surface area (TPSA) is 134 Å². The Bertz CT molecular complexity index is 1330. The average Bonchev–Trinajstić information content (AvgIpc) is 2.97. The number of rotatable bonds is 9. The molecule has 4 aliphatic rings. The molecule has 8 heteroatoms. The van der Waals surface area contributed by atoms with Crippen LogP contribution in [0.25, 0.3) is 0 Å². The number of fused-ring (bicyclic) bond motifs is 2. The number of ether oxygens (including phenoxy) is 2. The van der Waals surface area contributed by atoms with Crippen molar-refractivity contribution < 1.29 is 39.5 Å². The zero-order valence-electron chi connectivity index (χ0n) is 32.0. The highest BCUT2D eigenvalue weighted by Gasteiger charge is 2.70. The van der Waals surface area contributed by atoms with Gasteiger partial charge < -0.3 is 29.9 Å². The number of aliphatic hydroxyl groups excluding tert-OH is 4. The van der Waals surface area contributed by atoms with Crippen molar-refractivity contribution in [1.29, 1.82) is 0 Å². The number of carbonyl (C=O) groups is 2. The van der Waals surface area contributed by atoms with Gasteiger partial charge in [-0.1, -0.05) is 58.8 Å². The number of hydrogen-bond donors (Lipinski definition) is 4. The molecule has 0 aromatic rings. The molecule has 8 nitrogen and oxygen atoms in total. The molecule has 4 fully saturated rings. The van der Waals surface area contributed by atoms with E-state index in [2.05, 4.69) is 34.3 Å². The van der Waals surface area contributed by atoms with E-state index in [0.717, 1.165) is 36.8 Å². The van der Waals surface area contributed by atoms with E-state index in [9.17, 15) is 30.0 Å². The van der Waals surface area contributed by atoms with Crippen LogP contribution in [0.3, 0.4) is 0 Å². The van der Waals surface area contributed by atoms with Gasteiger partial charge in [0.15, 0.2) is 0 Å². The zero-order chi connectivity index (χ0) is 37.0. The van der Waals surface area contributed by atoms with E-state index in [4.69, 9.17) is 9.47 Å². The summed E-state index contributed by atoms with van der Waals surface area (Å²) in [6, 6.07) is 0. The molecule has 0 radical (unpaired) electrons. The summed E-state index contributed by atoms with van der Waals surface area (Å²) in [5.74, 6) is -0.864. The molecule has 0 aliphatic heterocycles. The van der Waals surface area contributed by atoms with Crippen LogP contribution in [0.5, 0.6) is 0 Å². The Kier molecular flexibility index (Phi) is 11.2. The van der Waals surface area contributed by atoms with Gasteiger partial charge in [0.25, 0.3) is 0 Å². The van der Waals surface area contributed by atoms with Crippen molar-refractivity contribution in [2.24, 2.45) is 50.2 Å². The van der Waals surface area contributed by atoms with E-state index in [-0.39, 0.29) is 46.6 Å². The molecule has 0 saturated heterocycles. The summed E-state index contributed by atoms with van der Waals surface area (Å²) in [5.41, 5.74) is -1.59. The molecule has 0 amide bonds. The third-order valence-electron chi connectivity index (χ3n) is 14.6. The van der Waals surface area contributed by atoms with Crippen LogP contribution in [-0.2, 0) is 19.1 Å². The van der Waals surface area contributed by atoms with E-state index in [1.165, 1.54) is 12.2 Å². The number of hydrogen-bond acceptors (Lipinski definition) is 8. The molecule has 0 aromatic carbocycles. The van der Waals surface area contributed by atoms with Gasteiger partial charge in [0.1, 0.15) is 12.2 Å². The van der Waals surface area contributed by atoms with Crippen LogP contribution in [0.4, 0.5) is 0 Å². The molecular formula is C41H66O8. The molecule has 4 saturated carbocycles. The zero-order valence-corrected chi connectivity index (χ0v) is 32.0. The lowest BCUT2D eigenvalue weighted by molar-refractivity contribution is -0.277. The lowest BCUT2D eigenvalue weighted by atomic mass is 9.35. The first-order valence-electron chi connectivity index (χ1n) is 18.5. The lowest BCUT2D eigenvalue weighted by Crippen LogP contribution is -2.70. The Balaban J connectivity index is 1.71. The number of allylic oxidation sites excluding steroid dienone is 3. The fraction of sp³-hybridized carbons (Fsp3) is 0.805. The summed E-state index contributed by atoms with van der Waals surface area (Å²) >= 11 is 0. The SMILES string of the molecule is C=CCC1[C@@]2(C)CC[C@H](O)[C@](C)(COC(=O)C=C(C)C)C2CC[C@@]1(C)[C@@]1(C)CC2CC(C)(C)[C@@H](OC(=O)C=C(C)C)[C@H](O)[C@]2(CO)[C@H](O)C1. The standard InChI is InChI=1S/C41H66O8/c1-12-13-29-38(9)16-15-30(43)39(10,24-48-32(45)18-25(2)3)28(38)14-17-40(29,11)37(8)21-27-20-36(6,7)35(49-33(46)19-26(4)5)34(47)41(27,23-42)31(44)22-37/h12,18-19,27-31,34-35,42-44,47H,1,13-17,20-24H2,2-11H3/t27?,28?,29?,30-,31+,34-,35-,37-,38-,39+,40+,41-/m0/s1. The third kappa shape index (κ3) is 6.62. The molecule has 0 bridgehead atoms. The van der Waals surface area contributed by atoms with Crippen LogP contribution in [0.1, 0.15) is 121 Å². The Morgan fingerprint density at radius 1 is 0.837 bits per heavy atom. The van der Waals surface area contributed by atoms with Crippen LogP contribution >= 0.6 is 0 Å². The minimum atomic E-state index is -1.24. The molecular weight excluding hydrogens is 620 g/mol. The number of esters is 2. The summed E-state index contributed by atoms with van der Waals surface area (Å²) < 4.78 is 11.7. The predicted molar refractivity (Wildman–Crippen MR) is 191 cm³/mol. The van der Waals surface area contributed by atoms with Gasteiger partial charge in [-0.3, -0.25) is 0 Å². The van der Waals surface area contributed by atoms with Crippen molar-refractivity contribution >= 4 is 11.9 Å². The first kappa shape index (κ1) is 39.8. The van der Waals surface area contributed by atoms with Gasteiger partial charge in [0.05, 0.1) is 30.8 Å².